The Bertz CT molecular complexity index is 1140. The van der Waals surface area contributed by atoms with E-state index in [0.29, 0.717) is 54.0 Å². The van der Waals surface area contributed by atoms with Crippen molar-refractivity contribution in [2.75, 3.05) is 19.9 Å². The highest BCUT2D eigenvalue weighted by Gasteiger charge is 2.32. The van der Waals surface area contributed by atoms with Gasteiger partial charge in [0.15, 0.2) is 6.79 Å². The third-order valence-corrected chi connectivity index (χ3v) is 5.21. The third-order valence-electron chi connectivity index (χ3n) is 5.21. The number of amides is 1. The average molecular weight is 449 g/mol. The van der Waals surface area contributed by atoms with Gasteiger partial charge in [0.2, 0.25) is 11.6 Å². The van der Waals surface area contributed by atoms with Gasteiger partial charge in [-0.25, -0.2) is 4.98 Å². The minimum absolute atomic E-state index is 0.00395. The lowest BCUT2D eigenvalue weighted by Gasteiger charge is -2.21. The largest absolute Gasteiger partial charge is 0.467 e. The van der Waals surface area contributed by atoms with Crippen LogP contribution in [-0.2, 0) is 15.7 Å². The molecule has 0 spiro atoms. The maximum atomic E-state index is 13.3. The summed E-state index contributed by atoms with van der Waals surface area (Å²) in [5, 5.41) is 11.7. The summed E-state index contributed by atoms with van der Waals surface area (Å²) < 4.78 is 50.7. The van der Waals surface area contributed by atoms with Crippen LogP contribution in [0.1, 0.15) is 36.9 Å². The Balaban J connectivity index is 1.72. The van der Waals surface area contributed by atoms with Crippen LogP contribution in [0.15, 0.2) is 24.3 Å². The number of alkyl halides is 3. The molecule has 1 N–H and O–H groups in total. The zero-order valence-corrected chi connectivity index (χ0v) is 17.6. The van der Waals surface area contributed by atoms with Crippen LogP contribution in [0.25, 0.3) is 22.4 Å². The van der Waals surface area contributed by atoms with E-state index in [-0.39, 0.29) is 24.5 Å². The molecule has 3 heterocycles. The molecule has 0 bridgehead atoms. The second-order valence-corrected chi connectivity index (χ2v) is 7.48. The highest BCUT2D eigenvalue weighted by atomic mass is 19.4. The molecule has 1 amide bonds. The number of pyridine rings is 1. The van der Waals surface area contributed by atoms with E-state index in [0.717, 1.165) is 12.1 Å². The normalized spacial score (nSPS) is 16.9. The summed E-state index contributed by atoms with van der Waals surface area (Å²) in [6.45, 7) is 3.95. The van der Waals surface area contributed by atoms with Crippen LogP contribution >= 0.6 is 0 Å². The zero-order chi connectivity index (χ0) is 22.9. The monoisotopic (exact) mass is 449 g/mol. The Labute approximate surface area is 181 Å². The average Bonchev–Trinajstić information content (AvgIpc) is 3.17. The van der Waals surface area contributed by atoms with Gasteiger partial charge in [-0.2, -0.15) is 23.1 Å². The van der Waals surface area contributed by atoms with Gasteiger partial charge in [-0.05, 0) is 50.1 Å². The smallest absolute Gasteiger partial charge is 0.416 e. The number of ether oxygens (including phenoxy) is 2. The molecule has 4 rings (SSSR count). The van der Waals surface area contributed by atoms with E-state index < -0.39 is 11.7 Å². The molecule has 2 aromatic heterocycles. The zero-order valence-electron chi connectivity index (χ0n) is 17.6. The lowest BCUT2D eigenvalue weighted by molar-refractivity contribution is -0.137. The quantitative estimate of drug-likeness (QED) is 0.456. The summed E-state index contributed by atoms with van der Waals surface area (Å²) in [6.07, 6.45) is -3.50. The van der Waals surface area contributed by atoms with Crippen molar-refractivity contribution < 1.29 is 27.4 Å². The van der Waals surface area contributed by atoms with Gasteiger partial charge in [0.25, 0.3) is 0 Å². The molecule has 0 radical (unpaired) electrons. The second-order valence-electron chi connectivity index (χ2n) is 7.48. The first kappa shape index (κ1) is 22.0. The van der Waals surface area contributed by atoms with Crippen LogP contribution in [0.3, 0.4) is 0 Å². The number of aromatic nitrogens is 4. The predicted molar refractivity (Wildman–Crippen MR) is 109 cm³/mol. The van der Waals surface area contributed by atoms with E-state index in [1.165, 1.54) is 4.80 Å². The summed E-state index contributed by atoms with van der Waals surface area (Å²) in [5.74, 6) is 0.0238. The first-order valence-electron chi connectivity index (χ1n) is 10.2. The number of piperidine rings is 1. The van der Waals surface area contributed by atoms with Gasteiger partial charge in [0, 0.05) is 25.1 Å². The molecule has 32 heavy (non-hydrogen) atoms. The number of nitrogens with one attached hydrogen (secondary N) is 1. The molecule has 1 aliphatic heterocycles. The maximum absolute atomic E-state index is 13.3. The second kappa shape index (κ2) is 8.73. The van der Waals surface area contributed by atoms with Gasteiger partial charge < -0.3 is 14.8 Å². The van der Waals surface area contributed by atoms with Gasteiger partial charge in [-0.15, -0.1) is 5.10 Å². The first-order valence-corrected chi connectivity index (χ1v) is 10.2. The molecule has 1 fully saturated rings. The van der Waals surface area contributed by atoms with Gasteiger partial charge >= 0.3 is 6.18 Å². The molecule has 1 aromatic carbocycles. The molecule has 0 aliphatic carbocycles. The molecular formula is C21H22F3N5O3. The number of rotatable bonds is 6. The number of hydrogen-bond donors (Lipinski definition) is 1. The van der Waals surface area contributed by atoms with E-state index in [4.69, 9.17) is 9.47 Å². The van der Waals surface area contributed by atoms with Crippen LogP contribution in [0.2, 0.25) is 0 Å². The Kier molecular flexibility index (Phi) is 6.00. The van der Waals surface area contributed by atoms with Crippen LogP contribution in [0, 0.1) is 6.92 Å². The first-order chi connectivity index (χ1) is 15.3. The summed E-state index contributed by atoms with van der Waals surface area (Å²) in [4.78, 5) is 17.5. The summed E-state index contributed by atoms with van der Waals surface area (Å²) in [6, 6.07) is 5.33. The molecular weight excluding hydrogens is 427 g/mol. The van der Waals surface area contributed by atoms with Crippen molar-refractivity contribution in [3.63, 3.8) is 0 Å². The highest BCUT2D eigenvalue weighted by molar-refractivity contribution is 5.79. The standard InChI is InChI=1S/C21H22F3N5O3/c1-3-31-11-32-17-9-13(21(22,23)24)8-12(2)19(17)15-5-6-16-20(26-15)28-29(27-16)14-4-7-18(30)25-10-14/h5-6,8-9,14H,3-4,7,10-11H2,1-2H3,(H,25,30). The van der Waals surface area contributed by atoms with Crippen LogP contribution < -0.4 is 10.1 Å². The van der Waals surface area contributed by atoms with Crippen molar-refractivity contribution >= 4 is 17.1 Å². The molecule has 1 aliphatic rings. The Morgan fingerprint density at radius 3 is 2.75 bits per heavy atom. The fourth-order valence-electron chi connectivity index (χ4n) is 3.59. The lowest BCUT2D eigenvalue weighted by atomic mass is 10.00. The number of carbonyl (C=O) groups is 1. The Morgan fingerprint density at radius 1 is 1.25 bits per heavy atom. The van der Waals surface area contributed by atoms with Crippen LogP contribution in [0.5, 0.6) is 5.75 Å². The molecule has 3 aromatic rings. The summed E-state index contributed by atoms with van der Waals surface area (Å²) >= 11 is 0. The molecule has 170 valence electrons. The fraction of sp³-hybridized carbons (Fsp3) is 0.429. The third kappa shape index (κ3) is 4.52. The van der Waals surface area contributed by atoms with Gasteiger partial charge in [0.05, 0.1) is 17.3 Å². The van der Waals surface area contributed by atoms with E-state index in [1.807, 2.05) is 0 Å². The molecule has 11 heteroatoms. The Hall–Kier alpha value is -3.21. The van der Waals surface area contributed by atoms with Crippen molar-refractivity contribution in [2.45, 2.75) is 38.9 Å². The molecule has 1 atom stereocenters. The number of hydrogen-bond acceptors (Lipinski definition) is 6. The Morgan fingerprint density at radius 2 is 2.06 bits per heavy atom. The number of fused-ring (bicyclic) bond motifs is 1. The molecule has 8 nitrogen and oxygen atoms in total. The topological polar surface area (TPSA) is 91.2 Å². The minimum Gasteiger partial charge on any atom is -0.467 e. The summed E-state index contributed by atoms with van der Waals surface area (Å²) in [7, 11) is 0. The maximum Gasteiger partial charge on any atom is 0.416 e. The lowest BCUT2D eigenvalue weighted by Crippen LogP contribution is -2.36. The van der Waals surface area contributed by atoms with Crippen molar-refractivity contribution in [1.82, 2.24) is 25.3 Å². The van der Waals surface area contributed by atoms with Crippen molar-refractivity contribution in [1.29, 1.82) is 0 Å². The summed E-state index contributed by atoms with van der Waals surface area (Å²) in [5.41, 5.74) is 1.30. The van der Waals surface area contributed by atoms with Gasteiger partial charge in [-0.3, -0.25) is 4.79 Å². The van der Waals surface area contributed by atoms with Gasteiger partial charge in [0.1, 0.15) is 11.3 Å². The van der Waals surface area contributed by atoms with E-state index in [2.05, 4.69) is 20.5 Å². The van der Waals surface area contributed by atoms with Crippen molar-refractivity contribution in [2.24, 2.45) is 0 Å². The van der Waals surface area contributed by atoms with E-state index in [1.54, 1.807) is 26.0 Å². The van der Waals surface area contributed by atoms with Gasteiger partial charge in [-0.1, -0.05) is 0 Å². The molecule has 0 saturated carbocycles. The van der Waals surface area contributed by atoms with E-state index in [9.17, 15) is 18.0 Å². The highest BCUT2D eigenvalue weighted by Crippen LogP contribution is 2.39. The van der Waals surface area contributed by atoms with E-state index >= 15 is 0 Å². The number of carbonyl (C=O) groups excluding carboxylic acids is 1. The SMILES string of the molecule is CCOCOc1cc(C(F)(F)F)cc(C)c1-c1ccc2nn(C3CCC(=O)NC3)nc2n1. The number of nitrogens with zero attached hydrogens (tertiary/aromatic N) is 4. The van der Waals surface area contributed by atoms with Crippen molar-refractivity contribution in [3.8, 4) is 17.0 Å². The predicted octanol–water partition coefficient (Wildman–Crippen LogP) is 3.64. The number of halogens is 3. The van der Waals surface area contributed by atoms with Crippen molar-refractivity contribution in [3.05, 3.63) is 35.4 Å². The number of benzene rings is 1. The number of aryl methyl sites for hydroxylation is 1. The van der Waals surface area contributed by atoms with Crippen LogP contribution in [-0.4, -0.2) is 45.8 Å². The molecule has 1 unspecified atom stereocenters. The molecule has 1 saturated heterocycles. The van der Waals surface area contributed by atoms with Crippen LogP contribution in [0.4, 0.5) is 13.2 Å². The minimum atomic E-state index is -4.51. The fourth-order valence-corrected chi connectivity index (χ4v) is 3.59.